The van der Waals surface area contributed by atoms with Crippen LogP contribution in [0.1, 0.15) is 56.1 Å². The first-order valence-corrected chi connectivity index (χ1v) is 12.2. The largest absolute Gasteiger partial charge is 0.486 e. The number of hydrogen-bond donors (Lipinski definition) is 1. The number of carbonyl (C=O) groups excluding carboxylic acids is 2. The Bertz CT molecular complexity index is 1480. The second kappa shape index (κ2) is 9.87. The van der Waals surface area contributed by atoms with Crippen LogP contribution in [0.4, 0.5) is 0 Å². The van der Waals surface area contributed by atoms with Gasteiger partial charge in [0.15, 0.2) is 6.10 Å². The van der Waals surface area contributed by atoms with Crippen LogP contribution < -0.4 is 10.3 Å². The molecule has 1 aromatic carbocycles. The molecule has 0 radical (unpaired) electrons. The van der Waals surface area contributed by atoms with E-state index in [1.54, 1.807) is 23.6 Å². The molecule has 2 aliphatic rings. The highest BCUT2D eigenvalue weighted by Gasteiger charge is 2.34. The average Bonchev–Trinajstić information content (AvgIpc) is 3.24. The maximum atomic E-state index is 13.2. The molecule has 0 saturated heterocycles. The van der Waals surface area contributed by atoms with Crippen LogP contribution in [0, 0.1) is 0 Å². The summed E-state index contributed by atoms with van der Waals surface area (Å²) in [6.07, 6.45) is -1.41. The van der Waals surface area contributed by atoms with Crippen molar-refractivity contribution in [3.8, 4) is 17.1 Å². The van der Waals surface area contributed by atoms with Gasteiger partial charge in [-0.1, -0.05) is 27.4 Å². The molecule has 0 bridgehead atoms. The molecule has 0 spiro atoms. The lowest BCUT2D eigenvalue weighted by atomic mass is 9.97. The molecule has 36 heavy (non-hydrogen) atoms. The molecule has 1 N–H and O–H groups in total. The van der Waals surface area contributed by atoms with Gasteiger partial charge in [-0.15, -0.1) is 0 Å². The number of aliphatic hydroxyl groups excluding tert-OH is 1. The summed E-state index contributed by atoms with van der Waals surface area (Å²) < 4.78 is 12.4. The summed E-state index contributed by atoms with van der Waals surface area (Å²) in [7, 11) is 0. The standard InChI is InChI=1S/C25H21ClN2O6.C2H6/c1-4-14-15-7-13(34-12(3)11(2)23(26)30)5-6-19(15)27-21-17(14)9-28-20(21)8-16-18(24(28)31)10-33-25(32)22(16)29;1-2/h5-8,12,22,29H,2,4,9-10H2,1,3H3;1-2H3. The van der Waals surface area contributed by atoms with E-state index in [1.807, 2.05) is 32.9 Å². The summed E-state index contributed by atoms with van der Waals surface area (Å²) in [5.74, 6) is -0.228. The van der Waals surface area contributed by atoms with E-state index in [4.69, 9.17) is 26.1 Å². The molecular weight excluding hydrogens is 484 g/mol. The van der Waals surface area contributed by atoms with Gasteiger partial charge in [-0.25, -0.2) is 9.78 Å². The molecule has 0 saturated carbocycles. The van der Waals surface area contributed by atoms with E-state index >= 15 is 0 Å². The fourth-order valence-electron chi connectivity index (χ4n) is 4.60. The zero-order chi connectivity index (χ0) is 26.3. The molecule has 8 nitrogen and oxygen atoms in total. The van der Waals surface area contributed by atoms with E-state index in [9.17, 15) is 19.5 Å². The lowest BCUT2D eigenvalue weighted by Gasteiger charge is -2.21. The highest BCUT2D eigenvalue weighted by atomic mass is 35.5. The number of nitrogens with zero attached hydrogens (tertiary/aromatic N) is 2. The Morgan fingerprint density at radius 1 is 1.31 bits per heavy atom. The number of aliphatic hydroxyl groups is 1. The summed E-state index contributed by atoms with van der Waals surface area (Å²) in [5, 5.41) is 10.5. The third kappa shape index (κ3) is 4.10. The minimum absolute atomic E-state index is 0.160. The molecule has 9 heteroatoms. The van der Waals surface area contributed by atoms with Crippen molar-refractivity contribution in [2.45, 2.75) is 59.5 Å². The SMILES string of the molecule is C=C(C(=O)Cl)C(C)Oc1ccc2nc3c(c(CC)c2c1)Cn1c-3cc2c(c1=O)COC(=O)C2O.CC. The van der Waals surface area contributed by atoms with Crippen LogP contribution in [0.15, 0.2) is 41.2 Å². The van der Waals surface area contributed by atoms with Crippen molar-refractivity contribution in [3.05, 3.63) is 69.0 Å². The third-order valence-electron chi connectivity index (χ3n) is 6.46. The van der Waals surface area contributed by atoms with Crippen molar-refractivity contribution in [1.29, 1.82) is 0 Å². The van der Waals surface area contributed by atoms with Crippen molar-refractivity contribution >= 4 is 33.7 Å². The zero-order valence-corrected chi connectivity index (χ0v) is 21.3. The molecule has 0 fully saturated rings. The zero-order valence-electron chi connectivity index (χ0n) is 20.6. The predicted molar refractivity (Wildman–Crippen MR) is 136 cm³/mol. The number of halogens is 1. The highest BCUT2D eigenvalue weighted by molar-refractivity contribution is 6.67. The van der Waals surface area contributed by atoms with Crippen LogP contribution in [0.3, 0.4) is 0 Å². The number of carbonyl (C=O) groups is 2. The van der Waals surface area contributed by atoms with E-state index in [0.717, 1.165) is 16.5 Å². The Labute approximate surface area is 213 Å². The number of ether oxygens (including phenoxy) is 2. The molecular formula is C27H27ClN2O6. The van der Waals surface area contributed by atoms with Crippen molar-refractivity contribution in [2.75, 3.05) is 0 Å². The first kappa shape index (κ1) is 25.6. The van der Waals surface area contributed by atoms with Gasteiger partial charge >= 0.3 is 5.97 Å². The minimum atomic E-state index is -1.49. The van der Waals surface area contributed by atoms with Gasteiger partial charge in [-0.05, 0) is 54.8 Å². The quantitative estimate of drug-likeness (QED) is 0.243. The van der Waals surface area contributed by atoms with Gasteiger partial charge in [-0.3, -0.25) is 9.59 Å². The number of hydrogen-bond acceptors (Lipinski definition) is 7. The molecule has 2 atom stereocenters. The number of aryl methyl sites for hydroxylation is 1. The molecule has 2 aromatic heterocycles. The second-order valence-corrected chi connectivity index (χ2v) is 8.72. The monoisotopic (exact) mass is 510 g/mol. The average molecular weight is 511 g/mol. The van der Waals surface area contributed by atoms with Crippen LogP contribution in [0.2, 0.25) is 0 Å². The first-order valence-electron chi connectivity index (χ1n) is 11.8. The number of fused-ring (bicyclic) bond motifs is 5. The number of pyridine rings is 2. The van der Waals surface area contributed by atoms with Gasteiger partial charge in [0.2, 0.25) is 0 Å². The van der Waals surface area contributed by atoms with E-state index < -0.39 is 23.4 Å². The maximum Gasteiger partial charge on any atom is 0.340 e. The van der Waals surface area contributed by atoms with Crippen LogP contribution in [-0.4, -0.2) is 32.0 Å². The Balaban J connectivity index is 0.00000148. The Morgan fingerprint density at radius 2 is 2.03 bits per heavy atom. The molecule has 3 aromatic rings. The van der Waals surface area contributed by atoms with Crippen molar-refractivity contribution < 1.29 is 24.2 Å². The fraction of sp³-hybridized carbons (Fsp3) is 0.333. The topological polar surface area (TPSA) is 108 Å². The van der Waals surface area contributed by atoms with E-state index in [2.05, 4.69) is 6.58 Å². The van der Waals surface area contributed by atoms with Gasteiger partial charge in [0.1, 0.15) is 18.5 Å². The van der Waals surface area contributed by atoms with E-state index in [1.165, 1.54) is 0 Å². The first-order chi connectivity index (χ1) is 17.2. The van der Waals surface area contributed by atoms with Gasteiger partial charge < -0.3 is 19.1 Å². The van der Waals surface area contributed by atoms with Gasteiger partial charge in [0.25, 0.3) is 10.8 Å². The van der Waals surface area contributed by atoms with Crippen LogP contribution in [0.5, 0.6) is 5.75 Å². The van der Waals surface area contributed by atoms with Gasteiger partial charge in [-0.2, -0.15) is 0 Å². The second-order valence-electron chi connectivity index (χ2n) is 8.37. The normalized spacial score (nSPS) is 16.2. The van der Waals surface area contributed by atoms with Gasteiger partial charge in [0, 0.05) is 22.1 Å². The summed E-state index contributed by atoms with van der Waals surface area (Å²) in [6.45, 7) is 11.5. The van der Waals surface area contributed by atoms with Crippen LogP contribution in [-0.2, 0) is 33.9 Å². The molecule has 188 valence electrons. The molecule has 0 aliphatic carbocycles. The summed E-state index contributed by atoms with van der Waals surface area (Å²) >= 11 is 5.52. The smallest absolute Gasteiger partial charge is 0.340 e. The maximum absolute atomic E-state index is 13.2. The van der Waals surface area contributed by atoms with Crippen molar-refractivity contribution in [1.82, 2.24) is 9.55 Å². The van der Waals surface area contributed by atoms with E-state index in [-0.39, 0.29) is 28.9 Å². The molecule has 5 rings (SSSR count). The van der Waals surface area contributed by atoms with Crippen molar-refractivity contribution in [2.24, 2.45) is 0 Å². The third-order valence-corrected chi connectivity index (χ3v) is 6.70. The lowest BCUT2D eigenvalue weighted by molar-refractivity contribution is -0.157. The summed E-state index contributed by atoms with van der Waals surface area (Å²) in [5.41, 5.74) is 4.26. The predicted octanol–water partition coefficient (Wildman–Crippen LogP) is 4.19. The Morgan fingerprint density at radius 3 is 2.69 bits per heavy atom. The minimum Gasteiger partial charge on any atom is -0.486 e. The molecule has 4 heterocycles. The van der Waals surface area contributed by atoms with Crippen LogP contribution >= 0.6 is 11.6 Å². The van der Waals surface area contributed by atoms with Gasteiger partial charge in [0.05, 0.1) is 29.0 Å². The Kier molecular flexibility index (Phi) is 7.02. The van der Waals surface area contributed by atoms with Crippen molar-refractivity contribution in [3.63, 3.8) is 0 Å². The number of aromatic nitrogens is 2. The van der Waals surface area contributed by atoms with Crippen LogP contribution in [0.25, 0.3) is 22.3 Å². The number of esters is 1. The number of cyclic esters (lactones) is 1. The lowest BCUT2D eigenvalue weighted by Crippen LogP contribution is -2.32. The summed E-state index contributed by atoms with van der Waals surface area (Å²) in [4.78, 5) is 41.2. The number of benzene rings is 1. The molecule has 2 aliphatic heterocycles. The number of rotatable bonds is 5. The fourth-order valence-corrected chi connectivity index (χ4v) is 4.75. The molecule has 2 unspecified atom stereocenters. The Hall–Kier alpha value is -3.49. The van der Waals surface area contributed by atoms with E-state index in [0.29, 0.717) is 35.6 Å². The molecule has 0 amide bonds. The highest BCUT2D eigenvalue weighted by Crippen LogP contribution is 2.38. The summed E-state index contributed by atoms with van der Waals surface area (Å²) in [6, 6.07) is 7.09.